The Morgan fingerprint density at radius 2 is 1.50 bits per heavy atom. The van der Waals surface area contributed by atoms with Gasteiger partial charge in [-0.05, 0) is 44.2 Å². The van der Waals surface area contributed by atoms with Gasteiger partial charge in [-0.25, -0.2) is 0 Å². The second-order valence-corrected chi connectivity index (χ2v) is 4.91. The summed E-state index contributed by atoms with van der Waals surface area (Å²) in [7, 11) is 3.48. The van der Waals surface area contributed by atoms with Gasteiger partial charge in [-0.15, -0.1) is 0 Å². The Labute approximate surface area is 131 Å². The minimum Gasteiger partial charge on any atom is -0.364 e. The first-order valence-corrected chi connectivity index (χ1v) is 7.43. The molecule has 20 heavy (non-hydrogen) atoms. The predicted octanol–water partition coefficient (Wildman–Crippen LogP) is 1.49. The second-order valence-electron chi connectivity index (χ2n) is 4.09. The molecule has 0 rings (SSSR count). The van der Waals surface area contributed by atoms with Crippen LogP contribution < -0.4 is 21.5 Å². The maximum absolute atomic E-state index is 5.00. The van der Waals surface area contributed by atoms with Crippen molar-refractivity contribution in [2.75, 3.05) is 14.1 Å². The molecule has 0 spiro atoms. The molecule has 0 bridgehead atoms. The Morgan fingerprint density at radius 3 is 2.00 bits per heavy atom. The molecule has 0 aliphatic carbocycles. The molecule has 0 unspecified atom stereocenters. The lowest BCUT2D eigenvalue weighted by molar-refractivity contribution is 0.741. The lowest BCUT2D eigenvalue weighted by Crippen LogP contribution is -2.32. The molecule has 8 heteroatoms. The summed E-state index contributed by atoms with van der Waals surface area (Å²) in [4.78, 5) is 0. The highest BCUT2D eigenvalue weighted by atomic mass is 32.1. The van der Waals surface area contributed by atoms with Gasteiger partial charge in [0, 0.05) is 14.1 Å². The molecule has 0 saturated heterocycles. The third-order valence-electron chi connectivity index (χ3n) is 2.51. The number of hydrogen-bond donors (Lipinski definition) is 4. The van der Waals surface area contributed by atoms with Gasteiger partial charge in [-0.2, -0.15) is 10.2 Å². The van der Waals surface area contributed by atoms with Crippen LogP contribution in [-0.4, -0.2) is 35.7 Å². The maximum atomic E-state index is 5.00. The molecule has 0 aromatic carbocycles. The molecule has 0 heterocycles. The van der Waals surface area contributed by atoms with Crippen LogP contribution in [0.3, 0.4) is 0 Å². The lowest BCUT2D eigenvalue weighted by Gasteiger charge is -2.09. The number of rotatable bonds is 7. The van der Waals surface area contributed by atoms with Crippen molar-refractivity contribution in [1.82, 2.24) is 21.5 Å². The van der Waals surface area contributed by atoms with Crippen LogP contribution in [0, 0.1) is 0 Å². The number of nitrogens with one attached hydrogen (secondary N) is 4. The van der Waals surface area contributed by atoms with Crippen molar-refractivity contribution in [3.63, 3.8) is 0 Å². The van der Waals surface area contributed by atoms with Crippen LogP contribution in [0.2, 0.25) is 0 Å². The summed E-state index contributed by atoms with van der Waals surface area (Å²) in [6, 6.07) is 0. The van der Waals surface area contributed by atoms with Crippen LogP contribution in [0.25, 0.3) is 0 Å². The van der Waals surface area contributed by atoms with E-state index < -0.39 is 0 Å². The van der Waals surface area contributed by atoms with Gasteiger partial charge < -0.3 is 10.6 Å². The van der Waals surface area contributed by atoms with Gasteiger partial charge in [0.15, 0.2) is 10.2 Å². The van der Waals surface area contributed by atoms with E-state index in [-0.39, 0.29) is 0 Å². The highest BCUT2D eigenvalue weighted by Crippen LogP contribution is 2.02. The van der Waals surface area contributed by atoms with Gasteiger partial charge in [-0.1, -0.05) is 19.8 Å². The molecule has 6 nitrogen and oxygen atoms in total. The third-order valence-corrected chi connectivity index (χ3v) is 3.10. The van der Waals surface area contributed by atoms with Crippen LogP contribution >= 0.6 is 24.4 Å². The number of hydrazone groups is 2. The van der Waals surface area contributed by atoms with Gasteiger partial charge in [0.2, 0.25) is 0 Å². The van der Waals surface area contributed by atoms with Gasteiger partial charge in [0.1, 0.15) is 0 Å². The summed E-state index contributed by atoms with van der Waals surface area (Å²) in [6.45, 7) is 4.05. The SMILES string of the molecule is CCCCCC(=N/NC(=S)NC)/C(C)=N/NC(=S)NC. The summed E-state index contributed by atoms with van der Waals surface area (Å²) in [6.07, 6.45) is 4.22. The van der Waals surface area contributed by atoms with Gasteiger partial charge in [0.25, 0.3) is 0 Å². The number of unbranched alkanes of at least 4 members (excludes halogenated alkanes) is 2. The summed E-state index contributed by atoms with van der Waals surface area (Å²) < 4.78 is 0. The van der Waals surface area contributed by atoms with Crippen molar-refractivity contribution in [3.05, 3.63) is 0 Å². The van der Waals surface area contributed by atoms with Crippen molar-refractivity contribution in [1.29, 1.82) is 0 Å². The van der Waals surface area contributed by atoms with Crippen LogP contribution in [0.15, 0.2) is 10.2 Å². The van der Waals surface area contributed by atoms with E-state index in [1.54, 1.807) is 14.1 Å². The minimum absolute atomic E-state index is 0.468. The van der Waals surface area contributed by atoms with E-state index in [1.165, 1.54) is 0 Å². The molecular formula is C12H24N6S2. The molecule has 0 fully saturated rings. The van der Waals surface area contributed by atoms with Crippen LogP contribution in [0.5, 0.6) is 0 Å². The van der Waals surface area contributed by atoms with Crippen LogP contribution in [-0.2, 0) is 0 Å². The first kappa shape index (κ1) is 18.7. The molecule has 114 valence electrons. The molecule has 0 amide bonds. The van der Waals surface area contributed by atoms with E-state index in [2.05, 4.69) is 38.6 Å². The largest absolute Gasteiger partial charge is 0.364 e. The second kappa shape index (κ2) is 11.5. The molecule has 0 radical (unpaired) electrons. The molecule has 4 N–H and O–H groups in total. The van der Waals surface area contributed by atoms with Crippen molar-refractivity contribution >= 4 is 46.1 Å². The molecule has 0 aromatic heterocycles. The third kappa shape index (κ3) is 8.76. The summed E-state index contributed by atoms with van der Waals surface area (Å²) >= 11 is 9.98. The number of nitrogens with zero attached hydrogens (tertiary/aromatic N) is 2. The van der Waals surface area contributed by atoms with E-state index in [9.17, 15) is 0 Å². The van der Waals surface area contributed by atoms with E-state index in [0.717, 1.165) is 37.1 Å². The first-order valence-electron chi connectivity index (χ1n) is 6.61. The first-order chi connectivity index (χ1) is 9.54. The zero-order valence-electron chi connectivity index (χ0n) is 12.5. The Hall–Kier alpha value is -1.28. The summed E-state index contributed by atoms with van der Waals surface area (Å²) in [5, 5.41) is 15.1. The van der Waals surface area contributed by atoms with Crippen molar-refractivity contribution < 1.29 is 0 Å². The Bertz CT molecular complexity index is 378. The number of hydrogen-bond acceptors (Lipinski definition) is 4. The van der Waals surface area contributed by atoms with E-state index in [4.69, 9.17) is 24.4 Å². The summed E-state index contributed by atoms with van der Waals surface area (Å²) in [5.74, 6) is 0. The van der Waals surface area contributed by atoms with Gasteiger partial charge in [-0.3, -0.25) is 10.9 Å². The van der Waals surface area contributed by atoms with E-state index >= 15 is 0 Å². The standard InChI is InChI=1S/C12H24N6S2/c1-5-6-7-8-10(16-18-12(20)14-4)9(2)15-17-11(19)13-3/h5-8H2,1-4H3,(H2,13,17,19)(H2,14,18,20)/b15-9+,16-10-. The normalized spacial score (nSPS) is 11.8. The average molecular weight is 316 g/mol. The smallest absolute Gasteiger partial charge is 0.186 e. The van der Waals surface area contributed by atoms with Crippen LogP contribution in [0.1, 0.15) is 39.5 Å². The fourth-order valence-electron chi connectivity index (χ4n) is 1.29. The molecule has 0 aliphatic heterocycles. The molecule has 0 aliphatic rings. The number of thiocarbonyl (C=S) groups is 2. The maximum Gasteiger partial charge on any atom is 0.186 e. The topological polar surface area (TPSA) is 72.8 Å². The zero-order chi connectivity index (χ0) is 15.4. The summed E-state index contributed by atoms with van der Waals surface area (Å²) in [5.41, 5.74) is 7.19. The van der Waals surface area contributed by atoms with Crippen molar-refractivity contribution in [2.24, 2.45) is 10.2 Å². The Morgan fingerprint density at radius 1 is 0.950 bits per heavy atom. The van der Waals surface area contributed by atoms with Crippen LogP contribution in [0.4, 0.5) is 0 Å². The Kier molecular flexibility index (Phi) is 10.8. The monoisotopic (exact) mass is 316 g/mol. The van der Waals surface area contributed by atoms with E-state index in [1.807, 2.05) is 6.92 Å². The molecule has 0 atom stereocenters. The quantitative estimate of drug-likeness (QED) is 0.247. The predicted molar refractivity (Wildman–Crippen MR) is 94.3 cm³/mol. The van der Waals surface area contributed by atoms with Gasteiger partial charge in [0.05, 0.1) is 11.4 Å². The Balaban J connectivity index is 4.71. The molecule has 0 aromatic rings. The zero-order valence-corrected chi connectivity index (χ0v) is 14.2. The average Bonchev–Trinajstić information content (AvgIpc) is 2.47. The highest BCUT2D eigenvalue weighted by Gasteiger charge is 2.05. The lowest BCUT2D eigenvalue weighted by atomic mass is 10.1. The molecular weight excluding hydrogens is 292 g/mol. The fourth-order valence-corrected chi connectivity index (χ4v) is 1.38. The van der Waals surface area contributed by atoms with Gasteiger partial charge >= 0.3 is 0 Å². The minimum atomic E-state index is 0.468. The highest BCUT2D eigenvalue weighted by molar-refractivity contribution is 7.80. The van der Waals surface area contributed by atoms with Crippen molar-refractivity contribution in [3.8, 4) is 0 Å². The molecule has 0 saturated carbocycles. The van der Waals surface area contributed by atoms with Crippen molar-refractivity contribution in [2.45, 2.75) is 39.5 Å². The van der Waals surface area contributed by atoms with E-state index in [0.29, 0.717) is 10.2 Å². The fraction of sp³-hybridized carbons (Fsp3) is 0.667.